The Morgan fingerprint density at radius 2 is 1.73 bits per heavy atom. The summed E-state index contributed by atoms with van der Waals surface area (Å²) in [6, 6.07) is 3.42. The molecule has 45 heavy (non-hydrogen) atoms. The zero-order chi connectivity index (χ0) is 32.0. The number of alkyl halides is 3. The van der Waals surface area contributed by atoms with Crippen molar-refractivity contribution >= 4 is 27.3 Å². The van der Waals surface area contributed by atoms with Gasteiger partial charge in [0, 0.05) is 37.7 Å². The Hall–Kier alpha value is -4.49. The van der Waals surface area contributed by atoms with E-state index in [0.717, 1.165) is 35.0 Å². The van der Waals surface area contributed by atoms with Crippen molar-refractivity contribution in [2.75, 3.05) is 23.3 Å². The molecule has 1 aliphatic carbocycles. The number of anilines is 3. The van der Waals surface area contributed by atoms with E-state index in [2.05, 4.69) is 47.2 Å². The van der Waals surface area contributed by atoms with Gasteiger partial charge in [-0.05, 0) is 51.5 Å². The summed E-state index contributed by atoms with van der Waals surface area (Å²) >= 11 is 0. The summed E-state index contributed by atoms with van der Waals surface area (Å²) in [7, 11) is -3.53. The highest BCUT2D eigenvalue weighted by atomic mass is 32.2. The molecule has 236 valence electrons. The first kappa shape index (κ1) is 30.5. The second kappa shape index (κ2) is 11.5. The molecule has 5 heterocycles. The van der Waals surface area contributed by atoms with E-state index in [0.29, 0.717) is 48.7 Å². The van der Waals surface area contributed by atoms with E-state index >= 15 is 0 Å². The monoisotopic (exact) mass is 641 g/mol. The van der Waals surface area contributed by atoms with Crippen molar-refractivity contribution in [3.05, 3.63) is 60.4 Å². The molecule has 2 fully saturated rings. The Bertz CT molecular complexity index is 1880. The summed E-state index contributed by atoms with van der Waals surface area (Å²) < 4.78 is 64.9. The number of aliphatic hydroxyl groups is 1. The third-order valence-electron chi connectivity index (χ3n) is 7.84. The van der Waals surface area contributed by atoms with E-state index in [9.17, 15) is 26.7 Å². The van der Waals surface area contributed by atoms with Crippen molar-refractivity contribution in [1.82, 2.24) is 33.9 Å². The molecule has 0 aromatic carbocycles. The Kier molecular flexibility index (Phi) is 7.77. The average Bonchev–Trinajstić information content (AvgIpc) is 3.53. The number of halogens is 3. The molecule has 12 nitrogen and oxygen atoms in total. The molecule has 0 unspecified atom stereocenters. The van der Waals surface area contributed by atoms with Gasteiger partial charge in [-0.15, -0.1) is 13.2 Å². The summed E-state index contributed by atoms with van der Waals surface area (Å²) in [6.07, 6.45) is 5.80. The number of piperidine rings is 1. The SMILES string of the molecule is CC(C)(O)C1CCN(c2cc(Nc3ccnc(-c4cnn(S(=O)(=O)C5CC5)c4)n3)ncc2C#Cc2cnn(C(F)(F)F)c2)CC1. The van der Waals surface area contributed by atoms with Gasteiger partial charge in [0.15, 0.2) is 5.82 Å². The van der Waals surface area contributed by atoms with E-state index in [1.807, 2.05) is 0 Å². The Balaban J connectivity index is 1.27. The fraction of sp³-hybridized carbons (Fsp3) is 0.414. The van der Waals surface area contributed by atoms with Gasteiger partial charge in [0.2, 0.25) is 0 Å². The first-order valence-electron chi connectivity index (χ1n) is 14.3. The van der Waals surface area contributed by atoms with E-state index in [4.69, 9.17) is 0 Å². The molecule has 0 atom stereocenters. The minimum Gasteiger partial charge on any atom is -0.390 e. The molecular weight excluding hydrogens is 611 g/mol. The topological polar surface area (TPSA) is 144 Å². The number of rotatable bonds is 7. The first-order chi connectivity index (χ1) is 21.3. The average molecular weight is 642 g/mol. The van der Waals surface area contributed by atoms with Gasteiger partial charge in [0.25, 0.3) is 10.0 Å². The number of hydrogen-bond acceptors (Lipinski definition) is 10. The Morgan fingerprint density at radius 3 is 2.40 bits per heavy atom. The minimum absolute atomic E-state index is 0.0996. The van der Waals surface area contributed by atoms with Crippen molar-refractivity contribution in [3.8, 4) is 23.2 Å². The maximum absolute atomic E-state index is 13.0. The zero-order valence-electron chi connectivity index (χ0n) is 24.4. The van der Waals surface area contributed by atoms with Crippen molar-refractivity contribution < 1.29 is 26.7 Å². The predicted molar refractivity (Wildman–Crippen MR) is 159 cm³/mol. The van der Waals surface area contributed by atoms with Crippen LogP contribution in [0.4, 0.5) is 30.5 Å². The molecule has 1 saturated carbocycles. The van der Waals surface area contributed by atoms with Gasteiger partial charge in [-0.2, -0.15) is 19.0 Å². The van der Waals surface area contributed by atoms with Crippen LogP contribution in [-0.2, 0) is 16.3 Å². The highest BCUT2D eigenvalue weighted by molar-refractivity contribution is 7.90. The Labute approximate surface area is 257 Å². The standard InChI is InChI=1S/C29H30F3N9O3S/c1-28(2,42)22-8-11-39(12-9-22)24-13-26(34-15-20(24)4-3-19-14-35-40(17-19)29(30,31)32)37-25-7-10-33-27(38-25)21-16-36-41(18-21)45(43,44)23-5-6-23/h7,10,13-18,22-23,42H,5-6,8-9,11-12H2,1-2H3,(H,33,34,37,38). The lowest BCUT2D eigenvalue weighted by Crippen LogP contribution is -2.42. The van der Waals surface area contributed by atoms with Crippen LogP contribution in [-0.4, -0.2) is 71.4 Å². The fourth-order valence-electron chi connectivity index (χ4n) is 5.14. The lowest BCUT2D eigenvalue weighted by atomic mass is 9.83. The first-order valence-corrected chi connectivity index (χ1v) is 15.8. The summed E-state index contributed by atoms with van der Waals surface area (Å²) in [5, 5.41) is 20.6. The number of aromatic nitrogens is 7. The van der Waals surface area contributed by atoms with E-state index < -0.39 is 27.2 Å². The molecule has 2 aliphatic rings. The van der Waals surface area contributed by atoms with Crippen LogP contribution >= 0.6 is 0 Å². The normalized spacial score (nSPS) is 16.4. The Morgan fingerprint density at radius 1 is 0.978 bits per heavy atom. The number of nitrogens with one attached hydrogen (secondary N) is 1. The second-order valence-corrected chi connectivity index (χ2v) is 13.7. The van der Waals surface area contributed by atoms with E-state index in [1.54, 1.807) is 26.0 Å². The largest absolute Gasteiger partial charge is 0.504 e. The van der Waals surface area contributed by atoms with Crippen LogP contribution in [0.5, 0.6) is 0 Å². The molecule has 4 aromatic rings. The van der Waals surface area contributed by atoms with E-state index in [1.165, 1.54) is 24.8 Å². The highest BCUT2D eigenvalue weighted by Gasteiger charge is 2.38. The van der Waals surface area contributed by atoms with Crippen molar-refractivity contribution in [2.24, 2.45) is 5.92 Å². The van der Waals surface area contributed by atoms with Gasteiger partial charge in [-0.1, -0.05) is 11.8 Å². The van der Waals surface area contributed by atoms with Gasteiger partial charge in [0.05, 0.1) is 51.8 Å². The minimum atomic E-state index is -4.64. The predicted octanol–water partition coefficient (Wildman–Crippen LogP) is 3.88. The third-order valence-corrected chi connectivity index (χ3v) is 9.87. The number of pyridine rings is 1. The van der Waals surface area contributed by atoms with Crippen LogP contribution in [0.1, 0.15) is 50.7 Å². The summed E-state index contributed by atoms with van der Waals surface area (Å²) in [6.45, 7) is 4.86. The fourth-order valence-corrected chi connectivity index (χ4v) is 6.62. The molecule has 1 saturated heterocycles. The van der Waals surface area contributed by atoms with Crippen LogP contribution in [0, 0.1) is 17.8 Å². The smallest absolute Gasteiger partial charge is 0.390 e. The van der Waals surface area contributed by atoms with Crippen LogP contribution in [0.2, 0.25) is 0 Å². The van der Waals surface area contributed by atoms with Crippen molar-refractivity contribution in [3.63, 3.8) is 0 Å². The molecule has 2 N–H and O–H groups in total. The summed E-state index contributed by atoms with van der Waals surface area (Å²) in [5.74, 6) is 6.91. The molecule has 0 spiro atoms. The summed E-state index contributed by atoms with van der Waals surface area (Å²) in [4.78, 5) is 15.4. The maximum Gasteiger partial charge on any atom is 0.504 e. The molecule has 0 radical (unpaired) electrons. The quantitative estimate of drug-likeness (QED) is 0.286. The zero-order valence-corrected chi connectivity index (χ0v) is 25.2. The van der Waals surface area contributed by atoms with Gasteiger partial charge < -0.3 is 15.3 Å². The van der Waals surface area contributed by atoms with Crippen LogP contribution < -0.4 is 10.2 Å². The van der Waals surface area contributed by atoms with Crippen LogP contribution in [0.3, 0.4) is 0 Å². The molecule has 6 rings (SSSR count). The number of nitrogens with zero attached hydrogens (tertiary/aromatic N) is 8. The molecule has 4 aromatic heterocycles. The lowest BCUT2D eigenvalue weighted by Gasteiger charge is -2.39. The molecule has 0 bridgehead atoms. The highest BCUT2D eigenvalue weighted by Crippen LogP contribution is 2.33. The van der Waals surface area contributed by atoms with Gasteiger partial charge in [-0.3, -0.25) is 0 Å². The molecular formula is C29H30F3N9O3S. The van der Waals surface area contributed by atoms with Gasteiger partial charge in [0.1, 0.15) is 11.6 Å². The van der Waals surface area contributed by atoms with Crippen LogP contribution in [0.15, 0.2) is 49.3 Å². The maximum atomic E-state index is 13.0. The van der Waals surface area contributed by atoms with Crippen LogP contribution in [0.25, 0.3) is 11.4 Å². The lowest BCUT2D eigenvalue weighted by molar-refractivity contribution is -0.212. The molecule has 16 heteroatoms. The van der Waals surface area contributed by atoms with Crippen molar-refractivity contribution in [1.29, 1.82) is 0 Å². The summed E-state index contributed by atoms with van der Waals surface area (Å²) in [5.41, 5.74) is 0.948. The van der Waals surface area contributed by atoms with Gasteiger partial charge in [-0.25, -0.2) is 23.4 Å². The molecule has 1 aliphatic heterocycles. The van der Waals surface area contributed by atoms with Crippen molar-refractivity contribution in [2.45, 2.75) is 56.7 Å². The number of hydrogen-bond donors (Lipinski definition) is 2. The molecule has 0 amide bonds. The third kappa shape index (κ3) is 6.79. The van der Waals surface area contributed by atoms with Gasteiger partial charge >= 0.3 is 6.30 Å². The second-order valence-electron chi connectivity index (χ2n) is 11.6. The van der Waals surface area contributed by atoms with E-state index in [-0.39, 0.29) is 22.0 Å².